The van der Waals surface area contributed by atoms with Gasteiger partial charge < -0.3 is 25.6 Å². The second-order valence-electron chi connectivity index (χ2n) is 9.52. The Bertz CT molecular complexity index is 1890. The van der Waals surface area contributed by atoms with E-state index >= 15 is 0 Å². The third kappa shape index (κ3) is 7.55. The molecule has 1 atom stereocenters. The summed E-state index contributed by atoms with van der Waals surface area (Å²) in [6.07, 6.45) is 0. The van der Waals surface area contributed by atoms with E-state index in [-0.39, 0.29) is 17.0 Å². The lowest BCUT2D eigenvalue weighted by Gasteiger charge is -2.17. The molecule has 0 spiro atoms. The van der Waals surface area contributed by atoms with E-state index in [0.717, 1.165) is 23.3 Å². The van der Waals surface area contributed by atoms with Crippen molar-refractivity contribution in [2.75, 3.05) is 17.7 Å². The topological polar surface area (TPSA) is 155 Å². The first-order chi connectivity index (χ1) is 21.7. The Morgan fingerprint density at radius 3 is 2.33 bits per heavy atom. The number of hydrogen-bond acceptors (Lipinski definition) is 8. The second kappa shape index (κ2) is 13.9. The Balaban J connectivity index is 1.35. The number of amides is 2. The van der Waals surface area contributed by atoms with Crippen LogP contribution in [-0.2, 0) is 4.79 Å². The molecule has 0 aliphatic heterocycles. The summed E-state index contributed by atoms with van der Waals surface area (Å²) in [5, 5.41) is 26.0. The van der Waals surface area contributed by atoms with Crippen molar-refractivity contribution in [2.45, 2.75) is 10.1 Å². The minimum Gasteiger partial charge on any atom is -0.497 e. The third-order valence-electron chi connectivity index (χ3n) is 6.53. The fourth-order valence-electron chi connectivity index (χ4n) is 4.35. The minimum atomic E-state index is -1.43. The van der Waals surface area contributed by atoms with Gasteiger partial charge in [0.05, 0.1) is 29.5 Å². The van der Waals surface area contributed by atoms with Crippen molar-refractivity contribution >= 4 is 57.7 Å². The monoisotopic (exact) mass is 639 g/mol. The van der Waals surface area contributed by atoms with Crippen LogP contribution < -0.4 is 15.4 Å². The summed E-state index contributed by atoms with van der Waals surface area (Å²) < 4.78 is 5.30. The molecule has 45 heavy (non-hydrogen) atoms. The highest BCUT2D eigenvalue weighted by Crippen LogP contribution is 2.38. The standard InChI is InChI=1S/C33H25N3O7S2/c1-43-23-11-5-9-20(15-23)27-18-44-33(35-27)36-30(38)28(19-7-3-2-4-8-19)45-24-12-6-10-22(17-24)34-29(37)25-14-13-21(31(39)40)16-26(25)32(41)42/h2-18,28H,1H3,(H,34,37)(H,39,40)(H,41,42)(H,35,36,38). The number of rotatable bonds is 11. The number of nitrogens with one attached hydrogen (secondary N) is 2. The van der Waals surface area contributed by atoms with Crippen LogP contribution in [-0.4, -0.2) is 46.1 Å². The molecule has 2 amide bonds. The third-order valence-corrected chi connectivity index (χ3v) is 8.53. The van der Waals surface area contributed by atoms with E-state index in [1.54, 1.807) is 31.4 Å². The Kier molecular flexibility index (Phi) is 9.56. The molecule has 0 saturated heterocycles. The van der Waals surface area contributed by atoms with Crippen molar-refractivity contribution in [2.24, 2.45) is 0 Å². The zero-order valence-corrected chi connectivity index (χ0v) is 25.2. The maximum Gasteiger partial charge on any atom is 0.336 e. The van der Waals surface area contributed by atoms with E-state index in [0.29, 0.717) is 27.2 Å². The number of aromatic nitrogens is 1. The van der Waals surface area contributed by atoms with Crippen molar-refractivity contribution in [1.29, 1.82) is 0 Å². The molecule has 4 N–H and O–H groups in total. The maximum absolute atomic E-state index is 13.6. The SMILES string of the molecule is COc1cccc(-c2csc(NC(=O)C(Sc3cccc(NC(=O)c4ccc(C(=O)O)cc4C(=O)O)c3)c3ccccc3)n2)c1. The first kappa shape index (κ1) is 31.0. The van der Waals surface area contributed by atoms with Gasteiger partial charge in [-0.15, -0.1) is 23.1 Å². The first-order valence-electron chi connectivity index (χ1n) is 13.4. The molecular weight excluding hydrogens is 615 g/mol. The van der Waals surface area contributed by atoms with Crippen molar-refractivity contribution in [3.8, 4) is 17.0 Å². The number of aromatic carboxylic acids is 2. The van der Waals surface area contributed by atoms with Gasteiger partial charge in [0.1, 0.15) is 11.0 Å². The molecule has 0 aliphatic carbocycles. The Hall–Kier alpha value is -5.46. The molecule has 12 heteroatoms. The average Bonchev–Trinajstić information content (AvgIpc) is 3.52. The summed E-state index contributed by atoms with van der Waals surface area (Å²) in [7, 11) is 1.59. The molecule has 4 aromatic carbocycles. The largest absolute Gasteiger partial charge is 0.497 e. The van der Waals surface area contributed by atoms with Crippen molar-refractivity contribution in [3.63, 3.8) is 0 Å². The van der Waals surface area contributed by atoms with Crippen molar-refractivity contribution < 1.29 is 34.1 Å². The van der Waals surface area contributed by atoms with Gasteiger partial charge in [-0.1, -0.05) is 48.5 Å². The van der Waals surface area contributed by atoms with E-state index in [1.165, 1.54) is 29.2 Å². The van der Waals surface area contributed by atoms with Gasteiger partial charge in [-0.3, -0.25) is 9.59 Å². The minimum absolute atomic E-state index is 0.191. The maximum atomic E-state index is 13.6. The number of ether oxygens (including phenoxy) is 1. The van der Waals surface area contributed by atoms with E-state index in [2.05, 4.69) is 15.6 Å². The summed E-state index contributed by atoms with van der Waals surface area (Å²) >= 11 is 2.57. The lowest BCUT2D eigenvalue weighted by atomic mass is 10.0. The smallest absolute Gasteiger partial charge is 0.336 e. The molecular formula is C33H25N3O7S2. The van der Waals surface area contributed by atoms with Gasteiger partial charge >= 0.3 is 11.9 Å². The van der Waals surface area contributed by atoms with E-state index in [1.807, 2.05) is 60.0 Å². The van der Waals surface area contributed by atoms with Crippen LogP contribution in [0.1, 0.15) is 41.9 Å². The molecule has 0 bridgehead atoms. The molecule has 0 fully saturated rings. The van der Waals surface area contributed by atoms with E-state index < -0.39 is 28.7 Å². The predicted molar refractivity (Wildman–Crippen MR) is 173 cm³/mol. The Morgan fingerprint density at radius 2 is 1.60 bits per heavy atom. The number of benzene rings is 4. The summed E-state index contributed by atoms with van der Waals surface area (Å²) in [5.41, 5.74) is 1.79. The zero-order valence-electron chi connectivity index (χ0n) is 23.6. The number of thiazole rings is 1. The number of carboxylic acids is 2. The van der Waals surface area contributed by atoms with Crippen LogP contribution in [0.2, 0.25) is 0 Å². The number of nitrogens with zero attached hydrogens (tertiary/aromatic N) is 1. The Labute approximate surface area is 265 Å². The average molecular weight is 640 g/mol. The molecule has 226 valence electrons. The van der Waals surface area contributed by atoms with Crippen LogP contribution in [0.15, 0.2) is 107 Å². The van der Waals surface area contributed by atoms with Crippen molar-refractivity contribution in [1.82, 2.24) is 4.98 Å². The lowest BCUT2D eigenvalue weighted by molar-refractivity contribution is -0.115. The summed E-state index contributed by atoms with van der Waals surface area (Å²) in [5.74, 6) is -3.06. The molecule has 0 saturated carbocycles. The number of hydrogen-bond donors (Lipinski definition) is 4. The highest BCUT2D eigenvalue weighted by atomic mass is 32.2. The highest BCUT2D eigenvalue weighted by Gasteiger charge is 2.24. The van der Waals surface area contributed by atoms with Gasteiger partial charge in [0.25, 0.3) is 5.91 Å². The number of carbonyl (C=O) groups is 4. The number of carboxylic acid groups (broad SMARTS) is 2. The molecule has 1 unspecified atom stereocenters. The number of thioether (sulfide) groups is 1. The van der Waals surface area contributed by atoms with Gasteiger partial charge in [-0.25, -0.2) is 14.6 Å². The van der Waals surface area contributed by atoms with E-state index in [4.69, 9.17) is 4.74 Å². The second-order valence-corrected chi connectivity index (χ2v) is 11.6. The van der Waals surface area contributed by atoms with Gasteiger partial charge in [0, 0.05) is 21.5 Å². The zero-order chi connectivity index (χ0) is 31.9. The van der Waals surface area contributed by atoms with Crippen LogP contribution >= 0.6 is 23.1 Å². The van der Waals surface area contributed by atoms with Gasteiger partial charge in [-0.2, -0.15) is 0 Å². The molecule has 0 aliphatic rings. The quantitative estimate of drug-likeness (QED) is 0.113. The first-order valence-corrected chi connectivity index (χ1v) is 15.1. The van der Waals surface area contributed by atoms with Gasteiger partial charge in [0.2, 0.25) is 5.91 Å². The lowest BCUT2D eigenvalue weighted by Crippen LogP contribution is -2.19. The van der Waals surface area contributed by atoms with Crippen LogP contribution in [0, 0.1) is 0 Å². The molecule has 5 aromatic rings. The van der Waals surface area contributed by atoms with Crippen LogP contribution in [0.25, 0.3) is 11.3 Å². The van der Waals surface area contributed by atoms with Crippen LogP contribution in [0.4, 0.5) is 10.8 Å². The summed E-state index contributed by atoms with van der Waals surface area (Å²) in [6, 6.07) is 26.8. The van der Waals surface area contributed by atoms with Gasteiger partial charge in [0.15, 0.2) is 5.13 Å². The number of methoxy groups -OCH3 is 1. The van der Waals surface area contributed by atoms with Crippen LogP contribution in [0.3, 0.4) is 0 Å². The summed E-state index contributed by atoms with van der Waals surface area (Å²) in [4.78, 5) is 54.9. The molecule has 5 rings (SSSR count). The molecule has 10 nitrogen and oxygen atoms in total. The molecule has 1 heterocycles. The van der Waals surface area contributed by atoms with E-state index in [9.17, 15) is 29.4 Å². The number of carbonyl (C=O) groups excluding carboxylic acids is 2. The highest BCUT2D eigenvalue weighted by molar-refractivity contribution is 8.00. The fraction of sp³-hybridized carbons (Fsp3) is 0.0606. The molecule has 0 radical (unpaired) electrons. The van der Waals surface area contributed by atoms with Crippen molar-refractivity contribution in [3.05, 3.63) is 125 Å². The fourth-order valence-corrected chi connectivity index (χ4v) is 6.16. The predicted octanol–water partition coefficient (Wildman–Crippen LogP) is 6.94. The number of anilines is 2. The van der Waals surface area contributed by atoms with Gasteiger partial charge in [-0.05, 0) is 54.1 Å². The summed E-state index contributed by atoms with van der Waals surface area (Å²) in [6.45, 7) is 0. The normalized spacial score (nSPS) is 11.3. The Morgan fingerprint density at radius 1 is 0.822 bits per heavy atom. The molecule has 1 aromatic heterocycles. The van der Waals surface area contributed by atoms with Crippen LogP contribution in [0.5, 0.6) is 5.75 Å².